The van der Waals surface area contributed by atoms with Crippen molar-refractivity contribution in [2.75, 3.05) is 17.2 Å². The minimum absolute atomic E-state index is 0.00154. The lowest BCUT2D eigenvalue weighted by Gasteiger charge is -2.22. The largest absolute Gasteiger partial charge is 0.311 e. The van der Waals surface area contributed by atoms with Crippen LogP contribution in [0.15, 0.2) is 53.4 Å². The van der Waals surface area contributed by atoms with E-state index in [1.54, 1.807) is 34.9 Å². The van der Waals surface area contributed by atoms with Crippen LogP contribution in [0.5, 0.6) is 0 Å². The Hall–Kier alpha value is -2.34. The van der Waals surface area contributed by atoms with E-state index in [4.69, 9.17) is 0 Å². The summed E-state index contributed by atoms with van der Waals surface area (Å²) in [4.78, 5) is 26.3. The van der Waals surface area contributed by atoms with Crippen molar-refractivity contribution in [1.82, 2.24) is 0 Å². The molecular formula is C17H16N2O3S. The van der Waals surface area contributed by atoms with E-state index in [-0.39, 0.29) is 18.0 Å². The molecule has 1 aliphatic rings. The molecule has 0 N–H and O–H groups in total. The Morgan fingerprint density at radius 3 is 2.74 bits per heavy atom. The van der Waals surface area contributed by atoms with Crippen molar-refractivity contribution in [3.63, 3.8) is 0 Å². The number of nitro benzene ring substituents is 1. The van der Waals surface area contributed by atoms with Gasteiger partial charge in [-0.3, -0.25) is 14.9 Å². The highest BCUT2D eigenvalue weighted by atomic mass is 32.2. The summed E-state index contributed by atoms with van der Waals surface area (Å²) in [6.45, 7) is 0.642. The van der Waals surface area contributed by atoms with Gasteiger partial charge in [0.25, 0.3) is 5.69 Å². The lowest BCUT2D eigenvalue weighted by atomic mass is 10.1. The number of carbonyl (C=O) groups excluding carboxylic acids is 1. The van der Waals surface area contributed by atoms with Crippen LogP contribution >= 0.6 is 11.8 Å². The van der Waals surface area contributed by atoms with Gasteiger partial charge in [0.1, 0.15) is 0 Å². The molecule has 0 aromatic heterocycles. The van der Waals surface area contributed by atoms with E-state index in [0.29, 0.717) is 12.1 Å². The highest BCUT2D eigenvalue weighted by Crippen LogP contribution is 2.34. The molecule has 2 aromatic carbocycles. The maximum Gasteiger partial charge on any atom is 0.273 e. The average molecular weight is 328 g/mol. The van der Waals surface area contributed by atoms with Crippen molar-refractivity contribution in [2.24, 2.45) is 0 Å². The number of anilines is 1. The Morgan fingerprint density at radius 2 is 1.91 bits per heavy atom. The molecule has 23 heavy (non-hydrogen) atoms. The van der Waals surface area contributed by atoms with Crippen LogP contribution < -0.4 is 4.90 Å². The lowest BCUT2D eigenvalue weighted by molar-refractivity contribution is -0.385. The summed E-state index contributed by atoms with van der Waals surface area (Å²) >= 11 is 1.74. The minimum Gasteiger partial charge on any atom is -0.311 e. The molecule has 0 radical (unpaired) electrons. The number of amides is 1. The average Bonchev–Trinajstić information content (AvgIpc) is 2.77. The van der Waals surface area contributed by atoms with Crippen LogP contribution in [0.4, 0.5) is 11.4 Å². The molecule has 0 atom stereocenters. The molecule has 0 saturated carbocycles. The molecule has 5 nitrogen and oxygen atoms in total. The smallest absolute Gasteiger partial charge is 0.273 e. The first-order chi connectivity index (χ1) is 11.2. The summed E-state index contributed by atoms with van der Waals surface area (Å²) < 4.78 is 0. The van der Waals surface area contributed by atoms with Gasteiger partial charge in [0.05, 0.1) is 17.0 Å². The zero-order chi connectivity index (χ0) is 16.2. The third-order valence-corrected chi connectivity index (χ3v) is 4.92. The summed E-state index contributed by atoms with van der Waals surface area (Å²) in [5.74, 6) is 0.862. The maximum atomic E-state index is 12.8. The number of benzene rings is 2. The van der Waals surface area contributed by atoms with Crippen LogP contribution in [0, 0.1) is 10.1 Å². The number of hydrogen-bond acceptors (Lipinski definition) is 4. The van der Waals surface area contributed by atoms with Gasteiger partial charge in [-0.15, -0.1) is 11.8 Å². The van der Waals surface area contributed by atoms with Crippen LogP contribution in [0.1, 0.15) is 12.0 Å². The first kappa shape index (κ1) is 15.6. The lowest BCUT2D eigenvalue weighted by Crippen LogP contribution is -2.33. The monoisotopic (exact) mass is 328 g/mol. The number of carbonyl (C=O) groups is 1. The van der Waals surface area contributed by atoms with E-state index in [1.165, 1.54) is 6.07 Å². The molecule has 1 heterocycles. The van der Waals surface area contributed by atoms with Crippen LogP contribution in [0.25, 0.3) is 0 Å². The van der Waals surface area contributed by atoms with E-state index >= 15 is 0 Å². The van der Waals surface area contributed by atoms with Gasteiger partial charge in [0.15, 0.2) is 0 Å². The van der Waals surface area contributed by atoms with E-state index in [1.807, 2.05) is 24.3 Å². The van der Waals surface area contributed by atoms with Crippen molar-refractivity contribution in [2.45, 2.75) is 17.7 Å². The molecule has 0 unspecified atom stereocenters. The molecular weight excluding hydrogens is 312 g/mol. The molecule has 118 valence electrons. The van der Waals surface area contributed by atoms with Gasteiger partial charge in [0, 0.05) is 23.1 Å². The van der Waals surface area contributed by atoms with Gasteiger partial charge in [-0.25, -0.2) is 0 Å². The minimum atomic E-state index is -0.436. The number of nitrogens with zero attached hydrogens (tertiary/aromatic N) is 2. The Labute approximate surface area is 138 Å². The summed E-state index contributed by atoms with van der Waals surface area (Å²) in [6.07, 6.45) is 0.943. The zero-order valence-electron chi connectivity index (χ0n) is 12.5. The van der Waals surface area contributed by atoms with Gasteiger partial charge in [-0.2, -0.15) is 0 Å². The summed E-state index contributed by atoms with van der Waals surface area (Å²) in [5.41, 5.74) is 1.36. The third kappa shape index (κ3) is 3.37. The van der Waals surface area contributed by atoms with Gasteiger partial charge in [-0.05, 0) is 24.3 Å². The second-order valence-electron chi connectivity index (χ2n) is 5.28. The Morgan fingerprint density at radius 1 is 1.17 bits per heavy atom. The van der Waals surface area contributed by atoms with Crippen LogP contribution in [-0.4, -0.2) is 23.1 Å². The van der Waals surface area contributed by atoms with E-state index < -0.39 is 4.92 Å². The summed E-state index contributed by atoms with van der Waals surface area (Å²) in [6, 6.07) is 14.2. The topological polar surface area (TPSA) is 63.4 Å². The molecule has 1 aliphatic heterocycles. The first-order valence-electron chi connectivity index (χ1n) is 7.41. The Bertz CT molecular complexity index is 748. The molecule has 3 rings (SSSR count). The fourth-order valence-corrected chi connectivity index (χ4v) is 3.68. The van der Waals surface area contributed by atoms with E-state index in [2.05, 4.69) is 0 Å². The predicted molar refractivity (Wildman–Crippen MR) is 90.9 cm³/mol. The molecule has 0 fully saturated rings. The van der Waals surface area contributed by atoms with Crippen molar-refractivity contribution in [1.29, 1.82) is 0 Å². The van der Waals surface area contributed by atoms with E-state index in [9.17, 15) is 14.9 Å². The van der Waals surface area contributed by atoms with Crippen LogP contribution in [0.2, 0.25) is 0 Å². The van der Waals surface area contributed by atoms with Gasteiger partial charge < -0.3 is 4.90 Å². The standard InChI is InChI=1S/C17H16N2O3S/c20-17(12-13-6-1-2-7-14(13)19(21)22)18-10-5-11-23-16-9-4-3-8-15(16)18/h1-4,6-9H,5,10-12H2. The maximum absolute atomic E-state index is 12.8. The molecule has 0 spiro atoms. The quantitative estimate of drug-likeness (QED) is 0.637. The molecule has 0 bridgehead atoms. The van der Waals surface area contributed by atoms with Crippen molar-refractivity contribution in [3.8, 4) is 0 Å². The number of para-hydroxylation sites is 2. The molecule has 0 aliphatic carbocycles. The zero-order valence-corrected chi connectivity index (χ0v) is 13.3. The highest BCUT2D eigenvalue weighted by Gasteiger charge is 2.23. The Balaban J connectivity index is 1.88. The van der Waals surface area contributed by atoms with Crippen LogP contribution in [0.3, 0.4) is 0 Å². The van der Waals surface area contributed by atoms with Gasteiger partial charge in [-0.1, -0.05) is 30.3 Å². The second kappa shape index (κ2) is 6.83. The number of fused-ring (bicyclic) bond motifs is 1. The fourth-order valence-electron chi connectivity index (χ4n) is 2.68. The third-order valence-electron chi connectivity index (χ3n) is 3.77. The van der Waals surface area contributed by atoms with Gasteiger partial charge in [0.2, 0.25) is 5.91 Å². The van der Waals surface area contributed by atoms with E-state index in [0.717, 1.165) is 22.8 Å². The number of rotatable bonds is 3. The fraction of sp³-hybridized carbons (Fsp3) is 0.235. The summed E-state index contributed by atoms with van der Waals surface area (Å²) in [7, 11) is 0. The van der Waals surface area contributed by atoms with Crippen molar-refractivity contribution >= 4 is 29.0 Å². The normalized spacial score (nSPS) is 14.0. The summed E-state index contributed by atoms with van der Waals surface area (Å²) in [5, 5.41) is 11.1. The molecule has 1 amide bonds. The Kier molecular flexibility index (Phi) is 4.62. The SMILES string of the molecule is O=C(Cc1ccccc1[N+](=O)[O-])N1CCCSc2ccccc21. The molecule has 2 aromatic rings. The van der Waals surface area contributed by atoms with Crippen molar-refractivity contribution in [3.05, 3.63) is 64.2 Å². The number of hydrogen-bond donors (Lipinski definition) is 0. The first-order valence-corrected chi connectivity index (χ1v) is 8.40. The van der Waals surface area contributed by atoms with Crippen molar-refractivity contribution < 1.29 is 9.72 Å². The molecule has 0 saturated heterocycles. The predicted octanol–water partition coefficient (Wildman–Crippen LogP) is 3.67. The number of nitro groups is 1. The van der Waals surface area contributed by atoms with Crippen LogP contribution in [-0.2, 0) is 11.2 Å². The molecule has 6 heteroatoms. The van der Waals surface area contributed by atoms with Gasteiger partial charge >= 0.3 is 0 Å². The highest BCUT2D eigenvalue weighted by molar-refractivity contribution is 7.99. The number of thioether (sulfide) groups is 1. The second-order valence-corrected chi connectivity index (χ2v) is 6.41.